The molecule has 1 atom stereocenters. The van der Waals surface area contributed by atoms with E-state index in [2.05, 4.69) is 22.3 Å². The molecule has 0 saturated carbocycles. The van der Waals surface area contributed by atoms with Crippen LogP contribution in [0.4, 0.5) is 11.4 Å². The van der Waals surface area contributed by atoms with Gasteiger partial charge in [0.2, 0.25) is 0 Å². The first-order valence-corrected chi connectivity index (χ1v) is 9.89. The molecule has 0 bridgehead atoms. The van der Waals surface area contributed by atoms with Gasteiger partial charge in [0.25, 0.3) is 0 Å². The lowest BCUT2D eigenvalue weighted by molar-refractivity contribution is 0.104. The molecular weight excluding hydrogens is 354 g/mol. The van der Waals surface area contributed by atoms with Crippen LogP contribution in [0, 0.1) is 5.92 Å². The van der Waals surface area contributed by atoms with Crippen molar-refractivity contribution in [3.05, 3.63) is 41.5 Å². The van der Waals surface area contributed by atoms with Crippen LogP contribution >= 0.6 is 0 Å². The van der Waals surface area contributed by atoms with Crippen LogP contribution in [0.15, 0.2) is 34.9 Å². The van der Waals surface area contributed by atoms with Crippen LogP contribution in [0.5, 0.6) is 0 Å². The number of carbonyl (C=O) groups is 1. The lowest BCUT2D eigenvalue weighted by Crippen LogP contribution is -2.34. The van der Waals surface area contributed by atoms with Crippen molar-refractivity contribution < 1.29 is 14.4 Å². The Morgan fingerprint density at radius 2 is 2.14 bits per heavy atom. The number of rotatable bonds is 4. The minimum absolute atomic E-state index is 0.00513. The number of piperidine rings is 1. The largest absolute Gasteiger partial charge is 0.395 e. The molecule has 3 aromatic rings. The Kier molecular flexibility index (Phi) is 4.09. The van der Waals surface area contributed by atoms with Crippen LogP contribution in [0.3, 0.4) is 0 Å². The normalized spacial score (nSPS) is 18.4. The summed E-state index contributed by atoms with van der Waals surface area (Å²) in [6.07, 6.45) is 2.36. The van der Waals surface area contributed by atoms with Gasteiger partial charge in [0.1, 0.15) is 5.52 Å². The molecular formula is C22H23N3O3. The van der Waals surface area contributed by atoms with Crippen molar-refractivity contribution in [3.8, 4) is 11.3 Å². The lowest BCUT2D eigenvalue weighted by atomic mass is 9.86. The van der Waals surface area contributed by atoms with Crippen LogP contribution < -0.4 is 10.2 Å². The van der Waals surface area contributed by atoms with E-state index in [1.807, 2.05) is 30.3 Å². The van der Waals surface area contributed by atoms with E-state index in [1.165, 1.54) is 6.42 Å². The van der Waals surface area contributed by atoms with Crippen molar-refractivity contribution in [2.45, 2.75) is 19.8 Å². The molecule has 0 spiro atoms. The van der Waals surface area contributed by atoms with Crippen LogP contribution in [0.25, 0.3) is 22.2 Å². The third-order valence-corrected chi connectivity index (χ3v) is 5.80. The molecule has 2 N–H and O–H groups in total. The molecule has 6 nitrogen and oxygen atoms in total. The number of anilines is 2. The second-order valence-electron chi connectivity index (χ2n) is 7.77. The van der Waals surface area contributed by atoms with Gasteiger partial charge in [0.05, 0.1) is 23.2 Å². The average Bonchev–Trinajstić information content (AvgIpc) is 3.15. The number of nitrogens with one attached hydrogen (secondary N) is 1. The molecule has 1 fully saturated rings. The topological polar surface area (TPSA) is 78.6 Å². The quantitative estimate of drug-likeness (QED) is 0.565. The molecule has 1 aromatic heterocycles. The van der Waals surface area contributed by atoms with Crippen molar-refractivity contribution in [1.29, 1.82) is 0 Å². The van der Waals surface area contributed by atoms with Gasteiger partial charge in [-0.3, -0.25) is 4.79 Å². The predicted molar refractivity (Wildman–Crippen MR) is 109 cm³/mol. The fourth-order valence-corrected chi connectivity index (χ4v) is 4.52. The number of aliphatic hydroxyl groups is 1. The first-order chi connectivity index (χ1) is 13.7. The monoisotopic (exact) mass is 377 g/mol. The first kappa shape index (κ1) is 17.3. The van der Waals surface area contributed by atoms with Crippen LogP contribution in [-0.4, -0.2) is 42.3 Å². The smallest absolute Gasteiger partial charge is 0.196 e. The number of ketones is 1. The third-order valence-electron chi connectivity index (χ3n) is 5.80. The molecule has 0 radical (unpaired) electrons. The summed E-state index contributed by atoms with van der Waals surface area (Å²) in [5.74, 6) is 1.23. The summed E-state index contributed by atoms with van der Waals surface area (Å²) < 4.78 is 5.78. The zero-order chi connectivity index (χ0) is 19.3. The highest BCUT2D eigenvalue weighted by atomic mass is 16.5. The molecule has 2 heterocycles. The highest BCUT2D eigenvalue weighted by molar-refractivity contribution is 6.28. The highest BCUT2D eigenvalue weighted by Gasteiger charge is 2.34. The highest BCUT2D eigenvalue weighted by Crippen LogP contribution is 2.46. The zero-order valence-corrected chi connectivity index (χ0v) is 15.9. The Morgan fingerprint density at radius 3 is 2.93 bits per heavy atom. The first-order valence-electron chi connectivity index (χ1n) is 9.89. The fourth-order valence-electron chi connectivity index (χ4n) is 4.52. The maximum Gasteiger partial charge on any atom is 0.196 e. The van der Waals surface area contributed by atoms with Gasteiger partial charge >= 0.3 is 0 Å². The maximum atomic E-state index is 13.3. The van der Waals surface area contributed by atoms with Gasteiger partial charge in [-0.1, -0.05) is 36.3 Å². The molecule has 144 valence electrons. The van der Waals surface area contributed by atoms with Crippen LogP contribution in [0.1, 0.15) is 35.7 Å². The summed E-state index contributed by atoms with van der Waals surface area (Å²) in [6.45, 7) is 4.56. The summed E-state index contributed by atoms with van der Waals surface area (Å²) >= 11 is 0. The SMILES string of the molecule is C[C@H]1CCCN(c2cc(NCCO)c3c4c(onc24)-c2ccccc2C3=O)C1. The summed E-state index contributed by atoms with van der Waals surface area (Å²) in [6, 6.07) is 9.51. The van der Waals surface area contributed by atoms with E-state index in [9.17, 15) is 9.90 Å². The van der Waals surface area contributed by atoms with Crippen molar-refractivity contribution in [3.63, 3.8) is 0 Å². The van der Waals surface area contributed by atoms with Gasteiger partial charge in [0.15, 0.2) is 11.5 Å². The maximum absolute atomic E-state index is 13.3. The number of fused-ring (bicyclic) bond motifs is 2. The second kappa shape index (κ2) is 6.63. The molecule has 0 unspecified atom stereocenters. The summed E-state index contributed by atoms with van der Waals surface area (Å²) in [5, 5.41) is 17.7. The fraction of sp³-hybridized carbons (Fsp3) is 0.364. The van der Waals surface area contributed by atoms with E-state index in [0.29, 0.717) is 29.3 Å². The summed E-state index contributed by atoms with van der Waals surface area (Å²) in [4.78, 5) is 15.7. The van der Waals surface area contributed by atoms with Crippen molar-refractivity contribution in [1.82, 2.24) is 5.16 Å². The number of aliphatic hydroxyl groups excluding tert-OH is 1. The number of aromatic nitrogens is 1. The standard InChI is InChI=1S/C22H23N3O3/c1-13-5-4-9-25(12-13)17-11-16(23-8-10-26)18-19-20(17)24-28-22(19)15-7-3-2-6-14(15)21(18)27/h2-3,6-7,11,13,23,26H,4-5,8-10,12H2,1H3/t13-/m0/s1. The molecule has 28 heavy (non-hydrogen) atoms. The van der Waals surface area contributed by atoms with Crippen molar-refractivity contribution in [2.24, 2.45) is 5.92 Å². The van der Waals surface area contributed by atoms with Crippen molar-refractivity contribution >= 4 is 28.1 Å². The van der Waals surface area contributed by atoms with E-state index < -0.39 is 0 Å². The number of carbonyl (C=O) groups excluding carboxylic acids is 1. The second-order valence-corrected chi connectivity index (χ2v) is 7.77. The predicted octanol–water partition coefficient (Wildman–Crippen LogP) is 3.68. The van der Waals surface area contributed by atoms with E-state index in [-0.39, 0.29) is 12.4 Å². The summed E-state index contributed by atoms with van der Waals surface area (Å²) in [7, 11) is 0. The molecule has 2 aliphatic rings. The molecule has 1 aliphatic carbocycles. The van der Waals surface area contributed by atoms with Gasteiger partial charge in [-0.05, 0) is 24.8 Å². The third kappa shape index (κ3) is 2.52. The molecule has 2 aromatic carbocycles. The molecule has 5 rings (SSSR count). The Balaban J connectivity index is 1.77. The number of hydrogen-bond acceptors (Lipinski definition) is 6. The van der Waals surface area contributed by atoms with Crippen molar-refractivity contribution in [2.75, 3.05) is 36.5 Å². The van der Waals surface area contributed by atoms with E-state index in [1.54, 1.807) is 0 Å². The molecule has 1 aliphatic heterocycles. The van der Waals surface area contributed by atoms with Gasteiger partial charge in [0, 0.05) is 36.4 Å². The van der Waals surface area contributed by atoms with Gasteiger partial charge in [-0.25, -0.2) is 0 Å². The molecule has 1 saturated heterocycles. The number of nitrogens with zero attached hydrogens (tertiary/aromatic N) is 2. The number of benzene rings is 2. The summed E-state index contributed by atoms with van der Waals surface area (Å²) in [5.41, 5.74) is 4.48. The lowest BCUT2D eigenvalue weighted by Gasteiger charge is -2.33. The van der Waals surface area contributed by atoms with Gasteiger partial charge in [-0.15, -0.1) is 0 Å². The van der Waals surface area contributed by atoms with E-state index in [0.717, 1.165) is 47.4 Å². The molecule has 6 heteroatoms. The van der Waals surface area contributed by atoms with Crippen LogP contribution in [0.2, 0.25) is 0 Å². The van der Waals surface area contributed by atoms with E-state index in [4.69, 9.17) is 4.52 Å². The van der Waals surface area contributed by atoms with Crippen LogP contribution in [-0.2, 0) is 0 Å². The molecule has 0 amide bonds. The Morgan fingerprint density at radius 1 is 1.32 bits per heavy atom. The Hall–Kier alpha value is -2.86. The van der Waals surface area contributed by atoms with Gasteiger partial charge < -0.3 is 19.8 Å². The minimum Gasteiger partial charge on any atom is -0.395 e. The average molecular weight is 377 g/mol. The van der Waals surface area contributed by atoms with E-state index >= 15 is 0 Å². The zero-order valence-electron chi connectivity index (χ0n) is 15.9. The Labute approximate surface area is 163 Å². The minimum atomic E-state index is -0.0321. The van der Waals surface area contributed by atoms with Gasteiger partial charge in [-0.2, -0.15) is 0 Å². The number of hydrogen-bond donors (Lipinski definition) is 2. The Bertz CT molecular complexity index is 1070.